The Hall–Kier alpha value is -0.0500. The summed E-state index contributed by atoms with van der Waals surface area (Å²) in [5.41, 5.74) is 0.500. The second kappa shape index (κ2) is 3.84. The average molecular weight is 260 g/mol. The molecule has 0 bridgehead atoms. The zero-order valence-corrected chi connectivity index (χ0v) is 10.3. The lowest BCUT2D eigenvalue weighted by Gasteiger charge is -2.32. The number of rotatable bonds is 3. The van der Waals surface area contributed by atoms with Gasteiger partial charge >= 0.3 is 0 Å². The van der Waals surface area contributed by atoms with Gasteiger partial charge in [0.1, 0.15) is 0 Å². The number of amides is 1. The van der Waals surface area contributed by atoms with Gasteiger partial charge in [0, 0.05) is 13.1 Å². The van der Waals surface area contributed by atoms with Gasteiger partial charge in [-0.3, -0.25) is 4.79 Å². The number of halogens is 1. The minimum Gasteiger partial charge on any atom is -0.341 e. The molecule has 0 aromatic carbocycles. The van der Waals surface area contributed by atoms with Crippen LogP contribution in [0.25, 0.3) is 0 Å². The maximum atomic E-state index is 11.8. The van der Waals surface area contributed by atoms with Crippen LogP contribution in [0, 0.1) is 5.41 Å². The van der Waals surface area contributed by atoms with Crippen molar-refractivity contribution in [2.24, 2.45) is 5.41 Å². The summed E-state index contributed by atoms with van der Waals surface area (Å²) >= 11 is 3.45. The second-order valence-electron chi connectivity index (χ2n) is 4.72. The Morgan fingerprint density at radius 3 is 2.86 bits per heavy atom. The Labute approximate surface area is 94.2 Å². The van der Waals surface area contributed by atoms with E-state index in [4.69, 9.17) is 0 Å². The summed E-state index contributed by atoms with van der Waals surface area (Å²) in [4.78, 5) is 14.0. The monoisotopic (exact) mass is 259 g/mol. The van der Waals surface area contributed by atoms with Gasteiger partial charge in [-0.15, -0.1) is 0 Å². The summed E-state index contributed by atoms with van der Waals surface area (Å²) in [5, 5.41) is 0. The number of piperidine rings is 1. The molecular formula is C11H18BrNO. The van der Waals surface area contributed by atoms with E-state index < -0.39 is 0 Å². The summed E-state index contributed by atoms with van der Waals surface area (Å²) < 4.78 is 0. The molecule has 1 amide bonds. The van der Waals surface area contributed by atoms with Gasteiger partial charge in [0.15, 0.2) is 0 Å². The lowest BCUT2D eigenvalue weighted by molar-refractivity contribution is -0.133. The number of hydrogen-bond acceptors (Lipinski definition) is 1. The third-order valence-corrected chi connectivity index (χ3v) is 4.55. The Morgan fingerprint density at radius 1 is 1.57 bits per heavy atom. The van der Waals surface area contributed by atoms with E-state index >= 15 is 0 Å². The first-order valence-electron chi connectivity index (χ1n) is 5.60. The largest absolute Gasteiger partial charge is 0.341 e. The third-order valence-electron chi connectivity index (χ3n) is 3.70. The number of carbonyl (C=O) groups is 1. The maximum absolute atomic E-state index is 11.8. The topological polar surface area (TPSA) is 20.3 Å². The lowest BCUT2D eigenvalue weighted by Crippen LogP contribution is -2.44. The van der Waals surface area contributed by atoms with E-state index in [9.17, 15) is 4.79 Å². The molecule has 2 nitrogen and oxygen atoms in total. The summed E-state index contributed by atoms with van der Waals surface area (Å²) in [6.07, 6.45) is 6.03. The van der Waals surface area contributed by atoms with Crippen molar-refractivity contribution in [1.29, 1.82) is 0 Å². The molecular weight excluding hydrogens is 242 g/mol. The standard InChI is InChI=1S/C11H18BrNO/c1-2-11(5-6-11)8-13-7-3-4-9(12)10(13)14/h9H,2-8H2,1H3. The highest BCUT2D eigenvalue weighted by Crippen LogP contribution is 2.49. The van der Waals surface area contributed by atoms with Crippen LogP contribution in [-0.4, -0.2) is 28.7 Å². The van der Waals surface area contributed by atoms with Gasteiger partial charge in [-0.05, 0) is 37.5 Å². The molecule has 0 aromatic heterocycles. The van der Waals surface area contributed by atoms with Crippen LogP contribution in [0.3, 0.4) is 0 Å². The van der Waals surface area contributed by atoms with Crippen molar-refractivity contribution < 1.29 is 4.79 Å². The van der Waals surface area contributed by atoms with Gasteiger partial charge < -0.3 is 4.90 Å². The number of carbonyl (C=O) groups excluding carboxylic acids is 1. The van der Waals surface area contributed by atoms with Crippen LogP contribution in [0.2, 0.25) is 0 Å². The summed E-state index contributed by atoms with van der Waals surface area (Å²) in [5.74, 6) is 0.316. The van der Waals surface area contributed by atoms with Crippen molar-refractivity contribution in [1.82, 2.24) is 4.90 Å². The van der Waals surface area contributed by atoms with E-state index in [1.54, 1.807) is 0 Å². The van der Waals surface area contributed by atoms with Gasteiger partial charge in [-0.1, -0.05) is 22.9 Å². The number of likely N-dealkylation sites (tertiary alicyclic amines) is 1. The molecule has 1 heterocycles. The first-order chi connectivity index (χ1) is 6.67. The van der Waals surface area contributed by atoms with Gasteiger partial charge in [-0.25, -0.2) is 0 Å². The summed E-state index contributed by atoms with van der Waals surface area (Å²) in [6, 6.07) is 0. The molecule has 80 valence electrons. The fourth-order valence-electron chi connectivity index (χ4n) is 2.26. The van der Waals surface area contributed by atoms with Crippen LogP contribution in [0.5, 0.6) is 0 Å². The predicted octanol–water partition coefficient (Wildman–Crippen LogP) is 2.56. The van der Waals surface area contributed by atoms with Crippen LogP contribution < -0.4 is 0 Å². The normalized spacial score (nSPS) is 30.6. The Kier molecular flexibility index (Phi) is 2.87. The Morgan fingerprint density at radius 2 is 2.29 bits per heavy atom. The smallest absolute Gasteiger partial charge is 0.236 e. The van der Waals surface area contributed by atoms with Crippen molar-refractivity contribution in [2.75, 3.05) is 13.1 Å². The van der Waals surface area contributed by atoms with Gasteiger partial charge in [0.25, 0.3) is 0 Å². The fraction of sp³-hybridized carbons (Fsp3) is 0.909. The SMILES string of the molecule is CCC1(CN2CCCC(Br)C2=O)CC1. The Balaban J connectivity index is 1.93. The van der Waals surface area contributed by atoms with Gasteiger partial charge in [0.2, 0.25) is 5.91 Å². The molecule has 1 unspecified atom stereocenters. The summed E-state index contributed by atoms with van der Waals surface area (Å²) in [7, 11) is 0. The zero-order chi connectivity index (χ0) is 10.2. The summed E-state index contributed by atoms with van der Waals surface area (Å²) in [6.45, 7) is 4.22. The molecule has 2 aliphatic rings. The third kappa shape index (κ3) is 1.97. The van der Waals surface area contributed by atoms with Crippen LogP contribution >= 0.6 is 15.9 Å². The highest BCUT2D eigenvalue weighted by molar-refractivity contribution is 9.10. The molecule has 1 aliphatic carbocycles. The van der Waals surface area contributed by atoms with E-state index in [-0.39, 0.29) is 4.83 Å². The van der Waals surface area contributed by atoms with E-state index in [2.05, 4.69) is 27.8 Å². The minimum absolute atomic E-state index is 0.0870. The van der Waals surface area contributed by atoms with Crippen molar-refractivity contribution in [2.45, 2.75) is 43.9 Å². The molecule has 3 heteroatoms. The molecule has 1 aliphatic heterocycles. The van der Waals surface area contributed by atoms with E-state index in [0.717, 1.165) is 25.9 Å². The van der Waals surface area contributed by atoms with Crippen LogP contribution in [-0.2, 0) is 4.79 Å². The number of alkyl halides is 1. The Bertz CT molecular complexity index is 237. The molecule has 0 spiro atoms. The molecule has 0 radical (unpaired) electrons. The van der Waals surface area contributed by atoms with Crippen molar-refractivity contribution in [3.8, 4) is 0 Å². The molecule has 14 heavy (non-hydrogen) atoms. The fourth-order valence-corrected chi connectivity index (χ4v) is 2.87. The molecule has 2 fully saturated rings. The second-order valence-corrected chi connectivity index (χ2v) is 5.83. The van der Waals surface area contributed by atoms with Crippen LogP contribution in [0.1, 0.15) is 39.0 Å². The molecule has 0 aromatic rings. The highest BCUT2D eigenvalue weighted by atomic mass is 79.9. The van der Waals surface area contributed by atoms with E-state index in [1.807, 2.05) is 0 Å². The molecule has 0 N–H and O–H groups in total. The van der Waals surface area contributed by atoms with Crippen LogP contribution in [0.4, 0.5) is 0 Å². The first-order valence-corrected chi connectivity index (χ1v) is 6.51. The zero-order valence-electron chi connectivity index (χ0n) is 8.76. The maximum Gasteiger partial charge on any atom is 0.236 e. The average Bonchev–Trinajstić information content (AvgIpc) is 2.94. The molecule has 2 rings (SSSR count). The molecule has 1 saturated carbocycles. The van der Waals surface area contributed by atoms with E-state index in [0.29, 0.717) is 11.3 Å². The van der Waals surface area contributed by atoms with Crippen molar-refractivity contribution in [3.05, 3.63) is 0 Å². The molecule has 1 atom stereocenters. The number of hydrogen-bond donors (Lipinski definition) is 0. The minimum atomic E-state index is 0.0870. The highest BCUT2D eigenvalue weighted by Gasteiger charge is 2.43. The molecule has 1 saturated heterocycles. The van der Waals surface area contributed by atoms with E-state index in [1.165, 1.54) is 19.3 Å². The lowest BCUT2D eigenvalue weighted by atomic mass is 10.0. The van der Waals surface area contributed by atoms with Crippen molar-refractivity contribution >= 4 is 21.8 Å². The number of nitrogens with zero attached hydrogens (tertiary/aromatic N) is 1. The van der Waals surface area contributed by atoms with Crippen molar-refractivity contribution in [3.63, 3.8) is 0 Å². The van der Waals surface area contributed by atoms with Crippen LogP contribution in [0.15, 0.2) is 0 Å². The first kappa shape index (κ1) is 10.5. The predicted molar refractivity (Wildman–Crippen MR) is 60.5 cm³/mol. The van der Waals surface area contributed by atoms with Gasteiger partial charge in [-0.2, -0.15) is 0 Å². The quantitative estimate of drug-likeness (QED) is 0.714. The van der Waals surface area contributed by atoms with Gasteiger partial charge in [0.05, 0.1) is 4.83 Å².